The molecule has 0 aromatic rings. The molecule has 1 fully saturated rings. The second-order valence-electron chi connectivity index (χ2n) is 5.08. The molecule has 1 aliphatic rings. The van der Waals surface area contributed by atoms with Gasteiger partial charge in [-0.1, -0.05) is 6.92 Å². The molecule has 0 bridgehead atoms. The zero-order chi connectivity index (χ0) is 16.2. The zero-order valence-electron chi connectivity index (χ0n) is 12.4. The summed E-state index contributed by atoms with van der Waals surface area (Å²) in [5.41, 5.74) is 0. The molecule has 0 aliphatic carbocycles. The van der Waals surface area contributed by atoms with Gasteiger partial charge in [0.25, 0.3) is 0 Å². The summed E-state index contributed by atoms with van der Waals surface area (Å²) in [6.45, 7) is 3.11. The number of β-amino-alcohol motifs (C(OH)–C–C–N with tert-alkyl or cyclic N) is 1. The number of methoxy groups -OCH3 is 1. The highest BCUT2D eigenvalue weighted by atomic mass is 32.2. The van der Waals surface area contributed by atoms with E-state index in [1.807, 2.05) is 0 Å². The van der Waals surface area contributed by atoms with E-state index < -0.39 is 40.1 Å². The molecule has 1 saturated heterocycles. The Morgan fingerprint density at radius 3 is 2.62 bits per heavy atom. The van der Waals surface area contributed by atoms with E-state index in [1.54, 1.807) is 6.92 Å². The highest BCUT2D eigenvalue weighted by Crippen LogP contribution is 2.20. The van der Waals surface area contributed by atoms with Crippen LogP contribution in [0.1, 0.15) is 26.7 Å². The third-order valence-corrected chi connectivity index (χ3v) is 4.89. The van der Waals surface area contributed by atoms with E-state index in [4.69, 9.17) is 0 Å². The number of aliphatic hydroxyl groups excluding tert-OH is 1. The molecule has 122 valence electrons. The van der Waals surface area contributed by atoms with Crippen molar-refractivity contribution in [2.45, 2.75) is 44.9 Å². The number of hydrogen-bond acceptors (Lipinski definition) is 6. The van der Waals surface area contributed by atoms with Crippen LogP contribution in [0.3, 0.4) is 0 Å². The first kappa shape index (κ1) is 17.9. The lowest BCUT2D eigenvalue weighted by atomic mass is 10.2. The molecule has 9 heteroatoms. The van der Waals surface area contributed by atoms with Crippen LogP contribution < -0.4 is 4.72 Å². The number of aliphatic hydroxyl groups is 1. The van der Waals surface area contributed by atoms with Gasteiger partial charge in [0.2, 0.25) is 15.9 Å². The minimum absolute atomic E-state index is 0.0154. The number of likely N-dealkylation sites (tertiary alicyclic amines) is 1. The fraction of sp³-hybridized carbons (Fsp3) is 0.833. The molecule has 21 heavy (non-hydrogen) atoms. The summed E-state index contributed by atoms with van der Waals surface area (Å²) in [7, 11) is -2.34. The number of amides is 1. The molecular weight excluding hydrogens is 300 g/mol. The van der Waals surface area contributed by atoms with Crippen LogP contribution in [0, 0.1) is 0 Å². The van der Waals surface area contributed by atoms with Crippen molar-refractivity contribution in [3.63, 3.8) is 0 Å². The predicted octanol–water partition coefficient (Wildman–Crippen LogP) is -1.16. The molecule has 0 saturated carbocycles. The Hall–Kier alpha value is -1.19. The van der Waals surface area contributed by atoms with E-state index in [2.05, 4.69) is 9.46 Å². The topological polar surface area (TPSA) is 113 Å². The van der Waals surface area contributed by atoms with Gasteiger partial charge in [-0.15, -0.1) is 0 Å². The van der Waals surface area contributed by atoms with Crippen LogP contribution in [-0.4, -0.2) is 67.9 Å². The zero-order valence-corrected chi connectivity index (χ0v) is 13.2. The number of esters is 1. The fourth-order valence-corrected chi connectivity index (χ4v) is 3.61. The lowest BCUT2D eigenvalue weighted by molar-refractivity contribution is -0.151. The van der Waals surface area contributed by atoms with Crippen molar-refractivity contribution in [1.29, 1.82) is 0 Å². The molecule has 0 spiro atoms. The summed E-state index contributed by atoms with van der Waals surface area (Å²) in [4.78, 5) is 25.1. The fourth-order valence-electron chi connectivity index (χ4n) is 2.31. The highest BCUT2D eigenvalue weighted by molar-refractivity contribution is 7.89. The number of carbonyl (C=O) groups is 2. The standard InChI is InChI=1S/C12H22N2O6S/c1-4-5-21(18,19)13-8(2)11(16)14-7-9(15)6-10(14)12(17)20-3/h8-10,13,15H,4-7H2,1-3H3. The maximum atomic E-state index is 12.3. The molecule has 8 nitrogen and oxygen atoms in total. The molecule has 0 aromatic heterocycles. The summed E-state index contributed by atoms with van der Waals surface area (Å²) in [6.07, 6.45) is -0.298. The molecule has 1 aliphatic heterocycles. The first-order valence-electron chi connectivity index (χ1n) is 6.78. The lowest BCUT2D eigenvalue weighted by Crippen LogP contribution is -2.51. The van der Waals surface area contributed by atoms with Crippen molar-refractivity contribution in [2.24, 2.45) is 0 Å². The van der Waals surface area contributed by atoms with Gasteiger partial charge >= 0.3 is 5.97 Å². The van der Waals surface area contributed by atoms with Gasteiger partial charge in [-0.05, 0) is 13.3 Å². The van der Waals surface area contributed by atoms with E-state index in [1.165, 1.54) is 14.0 Å². The van der Waals surface area contributed by atoms with Gasteiger partial charge in [-0.25, -0.2) is 17.9 Å². The number of ether oxygens (including phenoxy) is 1. The van der Waals surface area contributed by atoms with E-state index in [9.17, 15) is 23.1 Å². The number of hydrogen-bond donors (Lipinski definition) is 2. The molecule has 3 unspecified atom stereocenters. The van der Waals surface area contributed by atoms with Gasteiger partial charge in [0, 0.05) is 13.0 Å². The largest absolute Gasteiger partial charge is 0.467 e. The van der Waals surface area contributed by atoms with Gasteiger partial charge in [0.05, 0.1) is 25.0 Å². The van der Waals surface area contributed by atoms with Crippen LogP contribution in [0.15, 0.2) is 0 Å². The minimum atomic E-state index is -3.54. The average Bonchev–Trinajstić information content (AvgIpc) is 2.78. The molecule has 3 atom stereocenters. The van der Waals surface area contributed by atoms with Crippen molar-refractivity contribution in [3.8, 4) is 0 Å². The van der Waals surface area contributed by atoms with Crippen molar-refractivity contribution in [2.75, 3.05) is 19.4 Å². The first-order chi connectivity index (χ1) is 9.71. The first-order valence-corrected chi connectivity index (χ1v) is 8.43. The van der Waals surface area contributed by atoms with Crippen LogP contribution in [0.5, 0.6) is 0 Å². The maximum absolute atomic E-state index is 12.3. The molecule has 1 heterocycles. The van der Waals surface area contributed by atoms with Crippen LogP contribution >= 0.6 is 0 Å². The van der Waals surface area contributed by atoms with Crippen LogP contribution in [0.4, 0.5) is 0 Å². The van der Waals surface area contributed by atoms with Crippen LogP contribution in [0.25, 0.3) is 0 Å². The van der Waals surface area contributed by atoms with Gasteiger partial charge < -0.3 is 14.7 Å². The normalized spacial score (nSPS) is 23.9. The molecule has 2 N–H and O–H groups in total. The Labute approximate surface area is 124 Å². The Morgan fingerprint density at radius 2 is 2.10 bits per heavy atom. The summed E-state index contributed by atoms with van der Waals surface area (Å²) in [5, 5.41) is 9.62. The van der Waals surface area contributed by atoms with Crippen LogP contribution in [-0.2, 0) is 24.3 Å². The second-order valence-corrected chi connectivity index (χ2v) is 6.95. The van der Waals surface area contributed by atoms with E-state index in [0.717, 1.165) is 4.90 Å². The smallest absolute Gasteiger partial charge is 0.328 e. The summed E-state index contributed by atoms with van der Waals surface area (Å²) in [6, 6.07) is -1.88. The van der Waals surface area contributed by atoms with Gasteiger partial charge in [0.1, 0.15) is 6.04 Å². The Balaban J connectivity index is 2.79. The lowest BCUT2D eigenvalue weighted by Gasteiger charge is -2.25. The maximum Gasteiger partial charge on any atom is 0.328 e. The number of nitrogens with one attached hydrogen (secondary N) is 1. The molecule has 1 rings (SSSR count). The van der Waals surface area contributed by atoms with E-state index in [-0.39, 0.29) is 18.7 Å². The minimum Gasteiger partial charge on any atom is -0.467 e. The SMILES string of the molecule is CCCS(=O)(=O)NC(C)C(=O)N1CC(O)CC1C(=O)OC. The van der Waals surface area contributed by atoms with Crippen molar-refractivity contribution in [1.82, 2.24) is 9.62 Å². The Bertz CT molecular complexity index is 492. The summed E-state index contributed by atoms with van der Waals surface area (Å²) >= 11 is 0. The Kier molecular flexibility index (Phi) is 6.11. The molecule has 0 radical (unpaired) electrons. The number of nitrogens with zero attached hydrogens (tertiary/aromatic N) is 1. The van der Waals surface area contributed by atoms with Gasteiger partial charge in [0.15, 0.2) is 0 Å². The number of carbonyl (C=O) groups excluding carboxylic acids is 2. The number of rotatable bonds is 6. The monoisotopic (exact) mass is 322 g/mol. The average molecular weight is 322 g/mol. The predicted molar refractivity (Wildman–Crippen MR) is 74.8 cm³/mol. The number of sulfonamides is 1. The summed E-state index contributed by atoms with van der Waals surface area (Å²) < 4.78 is 30.2. The third-order valence-electron chi connectivity index (χ3n) is 3.23. The second kappa shape index (κ2) is 7.19. The molecular formula is C12H22N2O6S. The van der Waals surface area contributed by atoms with E-state index >= 15 is 0 Å². The Morgan fingerprint density at radius 1 is 1.48 bits per heavy atom. The van der Waals surface area contributed by atoms with Gasteiger partial charge in [-0.2, -0.15) is 0 Å². The van der Waals surface area contributed by atoms with Gasteiger partial charge in [-0.3, -0.25) is 4.79 Å². The van der Waals surface area contributed by atoms with Crippen molar-refractivity contribution < 1.29 is 27.9 Å². The van der Waals surface area contributed by atoms with Crippen LogP contribution in [0.2, 0.25) is 0 Å². The molecule has 1 amide bonds. The summed E-state index contributed by atoms with van der Waals surface area (Å²) in [5.74, 6) is -1.25. The quantitative estimate of drug-likeness (QED) is 0.596. The van der Waals surface area contributed by atoms with E-state index in [0.29, 0.717) is 6.42 Å². The van der Waals surface area contributed by atoms with Crippen molar-refractivity contribution in [3.05, 3.63) is 0 Å². The molecule has 0 aromatic carbocycles. The van der Waals surface area contributed by atoms with Crippen molar-refractivity contribution >= 4 is 21.9 Å². The third kappa shape index (κ3) is 4.65. The highest BCUT2D eigenvalue weighted by Gasteiger charge is 2.41.